The summed E-state index contributed by atoms with van der Waals surface area (Å²) in [5.41, 5.74) is 6.27. The summed E-state index contributed by atoms with van der Waals surface area (Å²) in [6.45, 7) is 3.02. The van der Waals surface area contributed by atoms with E-state index in [1.165, 1.54) is 24.3 Å². The van der Waals surface area contributed by atoms with E-state index in [2.05, 4.69) is 4.74 Å². The first-order chi connectivity index (χ1) is 9.35. The lowest BCUT2D eigenvalue weighted by Gasteiger charge is -2.38. The Bertz CT molecular complexity index is 439. The van der Waals surface area contributed by atoms with Gasteiger partial charge in [-0.2, -0.15) is 0 Å². The third-order valence-corrected chi connectivity index (χ3v) is 3.00. The predicted molar refractivity (Wildman–Crippen MR) is 64.9 cm³/mol. The molecule has 1 aliphatic rings. The second-order valence-electron chi connectivity index (χ2n) is 4.76. The van der Waals surface area contributed by atoms with Gasteiger partial charge in [0.1, 0.15) is 5.75 Å². The zero-order valence-electron chi connectivity index (χ0n) is 10.9. The summed E-state index contributed by atoms with van der Waals surface area (Å²) in [6.07, 6.45) is -4.71. The van der Waals surface area contributed by atoms with E-state index in [1.807, 2.05) is 6.92 Å². The number of nitrogens with two attached hydrogens (primary N) is 1. The van der Waals surface area contributed by atoms with Gasteiger partial charge in [-0.25, -0.2) is 0 Å². The molecular formula is C13H16F3NO3. The second-order valence-corrected chi connectivity index (χ2v) is 4.76. The van der Waals surface area contributed by atoms with E-state index in [9.17, 15) is 13.2 Å². The van der Waals surface area contributed by atoms with Crippen LogP contribution in [-0.4, -0.2) is 26.1 Å². The van der Waals surface area contributed by atoms with Gasteiger partial charge in [0.05, 0.1) is 19.8 Å². The molecule has 0 radical (unpaired) electrons. The van der Waals surface area contributed by atoms with Crippen LogP contribution < -0.4 is 10.5 Å². The number of halogens is 3. The van der Waals surface area contributed by atoms with Gasteiger partial charge in [-0.05, 0) is 24.3 Å². The van der Waals surface area contributed by atoms with Crippen molar-refractivity contribution >= 4 is 0 Å². The third-order valence-electron chi connectivity index (χ3n) is 3.00. The molecule has 1 aromatic carbocycles. The molecule has 0 spiro atoms. The number of benzene rings is 1. The molecule has 0 aliphatic carbocycles. The van der Waals surface area contributed by atoms with Crippen LogP contribution in [0.3, 0.4) is 0 Å². The van der Waals surface area contributed by atoms with Gasteiger partial charge in [0.2, 0.25) is 5.79 Å². The van der Waals surface area contributed by atoms with Crippen molar-refractivity contribution in [2.24, 2.45) is 11.7 Å². The van der Waals surface area contributed by atoms with Crippen molar-refractivity contribution < 1.29 is 27.4 Å². The van der Waals surface area contributed by atoms with Gasteiger partial charge < -0.3 is 19.9 Å². The molecule has 2 N–H and O–H groups in total. The molecule has 1 fully saturated rings. The third kappa shape index (κ3) is 3.41. The molecule has 7 heteroatoms. The highest BCUT2D eigenvalue weighted by atomic mass is 19.4. The van der Waals surface area contributed by atoms with Crippen LogP contribution >= 0.6 is 0 Å². The van der Waals surface area contributed by atoms with E-state index in [0.717, 1.165) is 0 Å². The van der Waals surface area contributed by atoms with Crippen molar-refractivity contribution in [3.05, 3.63) is 29.8 Å². The van der Waals surface area contributed by atoms with Crippen molar-refractivity contribution in [3.63, 3.8) is 0 Å². The number of ether oxygens (including phenoxy) is 3. The average molecular weight is 291 g/mol. The minimum atomic E-state index is -4.71. The second kappa shape index (κ2) is 5.59. The highest BCUT2D eigenvalue weighted by Gasteiger charge is 2.37. The van der Waals surface area contributed by atoms with Gasteiger partial charge in [-0.3, -0.25) is 0 Å². The lowest BCUT2D eigenvalue weighted by Crippen LogP contribution is -2.46. The first kappa shape index (κ1) is 15.1. The fourth-order valence-corrected chi connectivity index (χ4v) is 1.96. The molecule has 0 saturated carbocycles. The Hall–Kier alpha value is -1.31. The van der Waals surface area contributed by atoms with Gasteiger partial charge in [-0.15, -0.1) is 13.2 Å². The molecule has 0 aromatic heterocycles. The Labute approximate surface area is 114 Å². The van der Waals surface area contributed by atoms with Gasteiger partial charge in [-0.1, -0.05) is 6.92 Å². The maximum Gasteiger partial charge on any atom is 0.573 e. The van der Waals surface area contributed by atoms with Crippen LogP contribution in [0.2, 0.25) is 0 Å². The summed E-state index contributed by atoms with van der Waals surface area (Å²) in [4.78, 5) is 0. The topological polar surface area (TPSA) is 53.7 Å². The molecule has 1 heterocycles. The molecule has 20 heavy (non-hydrogen) atoms. The highest BCUT2D eigenvalue weighted by Crippen LogP contribution is 2.33. The molecule has 0 bridgehead atoms. The first-order valence-electron chi connectivity index (χ1n) is 6.19. The van der Waals surface area contributed by atoms with E-state index >= 15 is 0 Å². The highest BCUT2D eigenvalue weighted by molar-refractivity contribution is 5.30. The average Bonchev–Trinajstić information content (AvgIpc) is 2.39. The lowest BCUT2D eigenvalue weighted by molar-refractivity contribution is -0.284. The fraction of sp³-hybridized carbons (Fsp3) is 0.538. The van der Waals surface area contributed by atoms with Crippen LogP contribution in [0.5, 0.6) is 5.75 Å². The molecular weight excluding hydrogens is 275 g/mol. The number of hydrogen-bond donors (Lipinski definition) is 1. The molecule has 0 amide bonds. The molecule has 112 valence electrons. The molecule has 1 aromatic rings. The summed E-state index contributed by atoms with van der Waals surface area (Å²) < 4.78 is 51.4. The molecule has 4 nitrogen and oxygen atoms in total. The minimum absolute atomic E-state index is 0.0825. The first-order valence-corrected chi connectivity index (χ1v) is 6.19. The van der Waals surface area contributed by atoms with Crippen LogP contribution in [0, 0.1) is 5.92 Å². The SMILES string of the molecule is CC1COC(CN)(c2ccc(OC(F)(F)F)cc2)OC1. The molecule has 0 atom stereocenters. The number of hydrogen-bond acceptors (Lipinski definition) is 4. The largest absolute Gasteiger partial charge is 0.573 e. The van der Waals surface area contributed by atoms with Gasteiger partial charge >= 0.3 is 6.36 Å². The van der Waals surface area contributed by atoms with Gasteiger partial charge in [0.25, 0.3) is 0 Å². The van der Waals surface area contributed by atoms with E-state index in [1.54, 1.807) is 0 Å². The summed E-state index contributed by atoms with van der Waals surface area (Å²) in [7, 11) is 0. The van der Waals surface area contributed by atoms with E-state index in [-0.39, 0.29) is 18.2 Å². The molecule has 0 unspecified atom stereocenters. The Morgan fingerprint density at radius 1 is 1.25 bits per heavy atom. The van der Waals surface area contributed by atoms with Crippen molar-refractivity contribution in [3.8, 4) is 5.75 Å². The van der Waals surface area contributed by atoms with Crippen LogP contribution in [0.15, 0.2) is 24.3 Å². The van der Waals surface area contributed by atoms with Crippen LogP contribution in [0.1, 0.15) is 12.5 Å². The van der Waals surface area contributed by atoms with Crippen molar-refractivity contribution in [2.45, 2.75) is 19.1 Å². The Morgan fingerprint density at radius 3 is 2.25 bits per heavy atom. The summed E-state index contributed by atoms with van der Waals surface area (Å²) >= 11 is 0. The van der Waals surface area contributed by atoms with Gasteiger partial charge in [0, 0.05) is 11.5 Å². The Balaban J connectivity index is 2.15. The van der Waals surface area contributed by atoms with Crippen LogP contribution in [0.4, 0.5) is 13.2 Å². The standard InChI is InChI=1S/C13H16F3NO3/c1-9-6-18-12(8-17,19-7-9)10-2-4-11(5-3-10)20-13(14,15)16/h2-5,9H,6-8,17H2,1H3. The molecule has 1 aliphatic heterocycles. The predicted octanol–water partition coefficient (Wildman–Crippen LogP) is 2.38. The minimum Gasteiger partial charge on any atom is -0.406 e. The Morgan fingerprint density at radius 2 is 1.80 bits per heavy atom. The van der Waals surface area contributed by atoms with E-state index in [4.69, 9.17) is 15.2 Å². The van der Waals surface area contributed by atoms with E-state index in [0.29, 0.717) is 18.8 Å². The normalized spacial score (nSPS) is 27.4. The van der Waals surface area contributed by atoms with Crippen molar-refractivity contribution in [2.75, 3.05) is 19.8 Å². The van der Waals surface area contributed by atoms with Crippen molar-refractivity contribution in [1.29, 1.82) is 0 Å². The maximum atomic E-state index is 12.1. The zero-order valence-corrected chi connectivity index (χ0v) is 10.9. The van der Waals surface area contributed by atoms with Crippen LogP contribution in [0.25, 0.3) is 0 Å². The number of rotatable bonds is 3. The molecule has 2 rings (SSSR count). The van der Waals surface area contributed by atoms with E-state index < -0.39 is 12.1 Å². The lowest BCUT2D eigenvalue weighted by atomic mass is 10.0. The fourth-order valence-electron chi connectivity index (χ4n) is 1.96. The van der Waals surface area contributed by atoms with Gasteiger partial charge in [0.15, 0.2) is 0 Å². The number of alkyl halides is 3. The zero-order chi connectivity index (χ0) is 14.8. The Kier molecular flexibility index (Phi) is 4.22. The maximum absolute atomic E-state index is 12.1. The quantitative estimate of drug-likeness (QED) is 0.929. The monoisotopic (exact) mass is 291 g/mol. The summed E-state index contributed by atoms with van der Waals surface area (Å²) in [5, 5.41) is 0. The summed E-state index contributed by atoms with van der Waals surface area (Å²) in [6, 6.07) is 5.35. The van der Waals surface area contributed by atoms with Crippen LogP contribution in [-0.2, 0) is 15.3 Å². The summed E-state index contributed by atoms with van der Waals surface area (Å²) in [5.74, 6) is -1.14. The smallest absolute Gasteiger partial charge is 0.406 e. The molecule has 1 saturated heterocycles. The van der Waals surface area contributed by atoms with Crippen molar-refractivity contribution in [1.82, 2.24) is 0 Å².